The topological polar surface area (TPSA) is 30.5 Å². The minimum atomic E-state index is -0.276. The molecule has 1 heterocycles. The molecule has 0 radical (unpaired) electrons. The van der Waals surface area contributed by atoms with Gasteiger partial charge in [-0.25, -0.2) is 4.39 Å². The van der Waals surface area contributed by atoms with Gasteiger partial charge in [0, 0.05) is 11.6 Å². The van der Waals surface area contributed by atoms with E-state index in [1.807, 2.05) is 0 Å². The minimum Gasteiger partial charge on any atom is -0.493 e. The summed E-state index contributed by atoms with van der Waals surface area (Å²) in [5.41, 5.74) is 0.632. The van der Waals surface area contributed by atoms with Gasteiger partial charge in [0.05, 0.1) is 18.7 Å². The Morgan fingerprint density at radius 1 is 1.41 bits per heavy atom. The van der Waals surface area contributed by atoms with Gasteiger partial charge >= 0.3 is 0 Å². The largest absolute Gasteiger partial charge is 0.493 e. The maximum Gasteiger partial charge on any atom is 0.177 e. The first-order valence-corrected chi connectivity index (χ1v) is 6.31. The van der Waals surface area contributed by atoms with E-state index in [2.05, 4.69) is 21.2 Å². The van der Waals surface area contributed by atoms with Crippen molar-refractivity contribution < 1.29 is 13.9 Å². The van der Waals surface area contributed by atoms with Crippen LogP contribution in [0, 0.1) is 5.82 Å². The summed E-state index contributed by atoms with van der Waals surface area (Å²) >= 11 is 3.22. The smallest absolute Gasteiger partial charge is 0.177 e. The van der Waals surface area contributed by atoms with Crippen molar-refractivity contribution in [3.8, 4) is 11.5 Å². The molecule has 0 amide bonds. The zero-order chi connectivity index (χ0) is 12.4. The normalized spacial score (nSPS) is 19.4. The van der Waals surface area contributed by atoms with Gasteiger partial charge in [-0.1, -0.05) is 0 Å². The lowest BCUT2D eigenvalue weighted by molar-refractivity contribution is 0.348. The molecule has 17 heavy (non-hydrogen) atoms. The Morgan fingerprint density at radius 3 is 2.71 bits per heavy atom. The first-order valence-electron chi connectivity index (χ1n) is 5.52. The van der Waals surface area contributed by atoms with Gasteiger partial charge in [0.25, 0.3) is 0 Å². The van der Waals surface area contributed by atoms with Crippen molar-refractivity contribution in [3.05, 3.63) is 21.9 Å². The molecule has 1 aliphatic rings. The van der Waals surface area contributed by atoms with Crippen molar-refractivity contribution in [2.75, 3.05) is 20.8 Å². The number of nitrogens with one attached hydrogen (secondary N) is 1. The van der Waals surface area contributed by atoms with Crippen molar-refractivity contribution in [1.29, 1.82) is 0 Å². The molecule has 5 heteroatoms. The van der Waals surface area contributed by atoms with Crippen molar-refractivity contribution in [3.63, 3.8) is 0 Å². The van der Waals surface area contributed by atoms with Crippen LogP contribution in [0.3, 0.4) is 0 Å². The van der Waals surface area contributed by atoms with Crippen molar-refractivity contribution in [2.45, 2.75) is 18.9 Å². The molecule has 1 fully saturated rings. The predicted octanol–water partition coefficient (Wildman–Crippen LogP) is 3.03. The SMILES string of the molecule is COc1cc(C2CCCN2)c(F)c(Br)c1OC. The zero-order valence-corrected chi connectivity index (χ0v) is 11.4. The molecule has 0 saturated carbocycles. The molecule has 1 atom stereocenters. The zero-order valence-electron chi connectivity index (χ0n) is 9.85. The van der Waals surface area contributed by atoms with Gasteiger partial charge in [-0.2, -0.15) is 0 Å². The number of hydrogen-bond donors (Lipinski definition) is 1. The average Bonchev–Trinajstić information content (AvgIpc) is 2.85. The van der Waals surface area contributed by atoms with E-state index < -0.39 is 0 Å². The lowest BCUT2D eigenvalue weighted by Gasteiger charge is -2.17. The van der Waals surface area contributed by atoms with Gasteiger partial charge in [0.15, 0.2) is 11.5 Å². The highest BCUT2D eigenvalue weighted by molar-refractivity contribution is 9.10. The van der Waals surface area contributed by atoms with Crippen LogP contribution in [-0.4, -0.2) is 20.8 Å². The van der Waals surface area contributed by atoms with E-state index in [0.29, 0.717) is 21.5 Å². The first-order chi connectivity index (χ1) is 8.19. The number of benzene rings is 1. The van der Waals surface area contributed by atoms with E-state index in [-0.39, 0.29) is 11.9 Å². The van der Waals surface area contributed by atoms with E-state index in [1.54, 1.807) is 13.2 Å². The summed E-state index contributed by atoms with van der Waals surface area (Å²) < 4.78 is 24.9. The molecule has 2 rings (SSSR count). The van der Waals surface area contributed by atoms with Crippen molar-refractivity contribution >= 4 is 15.9 Å². The van der Waals surface area contributed by atoms with Gasteiger partial charge in [0.1, 0.15) is 5.82 Å². The summed E-state index contributed by atoms with van der Waals surface area (Å²) in [6, 6.07) is 1.77. The molecule has 0 aromatic heterocycles. The molecule has 1 saturated heterocycles. The molecule has 1 N–H and O–H groups in total. The van der Waals surface area contributed by atoms with Crippen LogP contribution in [0.25, 0.3) is 0 Å². The first kappa shape index (κ1) is 12.6. The maximum atomic E-state index is 14.2. The number of rotatable bonds is 3. The quantitative estimate of drug-likeness (QED) is 0.931. The number of hydrogen-bond acceptors (Lipinski definition) is 3. The second-order valence-electron chi connectivity index (χ2n) is 3.98. The van der Waals surface area contributed by atoms with Crippen LogP contribution in [0.4, 0.5) is 4.39 Å². The Balaban J connectivity index is 2.49. The highest BCUT2D eigenvalue weighted by atomic mass is 79.9. The third-order valence-electron chi connectivity index (χ3n) is 3.02. The Kier molecular flexibility index (Phi) is 3.89. The fraction of sp³-hybridized carbons (Fsp3) is 0.500. The predicted molar refractivity (Wildman–Crippen MR) is 67.2 cm³/mol. The van der Waals surface area contributed by atoms with Crippen LogP contribution < -0.4 is 14.8 Å². The fourth-order valence-electron chi connectivity index (χ4n) is 2.15. The summed E-state index contributed by atoms with van der Waals surface area (Å²) in [6.07, 6.45) is 2.01. The minimum absolute atomic E-state index is 0.0612. The Bertz CT molecular complexity index is 419. The highest BCUT2D eigenvalue weighted by Gasteiger charge is 2.25. The van der Waals surface area contributed by atoms with Gasteiger partial charge in [0.2, 0.25) is 0 Å². The monoisotopic (exact) mass is 303 g/mol. The van der Waals surface area contributed by atoms with E-state index in [4.69, 9.17) is 9.47 Å². The molecule has 1 aliphatic heterocycles. The maximum absolute atomic E-state index is 14.2. The number of methoxy groups -OCH3 is 2. The molecule has 1 unspecified atom stereocenters. The standard InChI is InChI=1S/C12H15BrFNO2/c1-16-9-6-7(8-4-3-5-15-8)11(14)10(13)12(9)17-2/h6,8,15H,3-5H2,1-2H3. The van der Waals surface area contributed by atoms with Crippen LogP contribution >= 0.6 is 15.9 Å². The summed E-state index contributed by atoms with van der Waals surface area (Å²) in [4.78, 5) is 0. The molecule has 1 aromatic rings. The second kappa shape index (κ2) is 5.23. The van der Waals surface area contributed by atoms with E-state index in [1.165, 1.54) is 7.11 Å². The van der Waals surface area contributed by atoms with Crippen molar-refractivity contribution in [1.82, 2.24) is 5.32 Å². The van der Waals surface area contributed by atoms with Crippen LogP contribution in [-0.2, 0) is 0 Å². The molecule has 0 spiro atoms. The molecule has 1 aromatic carbocycles. The van der Waals surface area contributed by atoms with Crippen molar-refractivity contribution in [2.24, 2.45) is 0 Å². The Labute approximate surface area is 108 Å². The molecular weight excluding hydrogens is 289 g/mol. The third-order valence-corrected chi connectivity index (χ3v) is 3.72. The molecule has 0 aliphatic carbocycles. The van der Waals surface area contributed by atoms with E-state index in [0.717, 1.165) is 19.4 Å². The summed E-state index contributed by atoms with van der Waals surface area (Å²) in [7, 11) is 3.05. The molecule has 3 nitrogen and oxygen atoms in total. The van der Waals surface area contributed by atoms with Crippen LogP contribution in [0.15, 0.2) is 10.5 Å². The lowest BCUT2D eigenvalue weighted by Crippen LogP contribution is -2.15. The average molecular weight is 304 g/mol. The van der Waals surface area contributed by atoms with Gasteiger partial charge in [-0.05, 0) is 41.4 Å². The van der Waals surface area contributed by atoms with Gasteiger partial charge < -0.3 is 14.8 Å². The van der Waals surface area contributed by atoms with Crippen LogP contribution in [0.1, 0.15) is 24.4 Å². The second-order valence-corrected chi connectivity index (χ2v) is 4.77. The van der Waals surface area contributed by atoms with Crippen LogP contribution in [0.2, 0.25) is 0 Å². The molecular formula is C12H15BrFNO2. The molecule has 0 bridgehead atoms. The van der Waals surface area contributed by atoms with Gasteiger partial charge in [-0.3, -0.25) is 0 Å². The van der Waals surface area contributed by atoms with E-state index >= 15 is 0 Å². The Hall–Kier alpha value is -0.810. The summed E-state index contributed by atoms with van der Waals surface area (Å²) in [6.45, 7) is 0.927. The molecule has 94 valence electrons. The third kappa shape index (κ3) is 2.26. The summed E-state index contributed by atoms with van der Waals surface area (Å²) in [5, 5.41) is 3.27. The van der Waals surface area contributed by atoms with E-state index in [9.17, 15) is 4.39 Å². The lowest BCUT2D eigenvalue weighted by atomic mass is 10.0. The highest BCUT2D eigenvalue weighted by Crippen LogP contribution is 2.41. The fourth-order valence-corrected chi connectivity index (χ4v) is 2.74. The number of ether oxygens (including phenoxy) is 2. The Morgan fingerprint density at radius 2 is 2.18 bits per heavy atom. The summed E-state index contributed by atoms with van der Waals surface area (Å²) in [5.74, 6) is 0.665. The van der Waals surface area contributed by atoms with Gasteiger partial charge in [-0.15, -0.1) is 0 Å². The number of halogens is 2. The van der Waals surface area contributed by atoms with Crippen LogP contribution in [0.5, 0.6) is 11.5 Å².